The summed E-state index contributed by atoms with van der Waals surface area (Å²) in [5.74, 6) is -0.256. The van der Waals surface area contributed by atoms with Crippen LogP contribution in [0, 0.1) is 5.92 Å². The van der Waals surface area contributed by atoms with Crippen LogP contribution in [0.2, 0.25) is 0 Å². The molecule has 2 heterocycles. The molecule has 1 N–H and O–H groups in total. The van der Waals surface area contributed by atoms with Crippen molar-refractivity contribution in [3.63, 3.8) is 0 Å². The smallest absolute Gasteiger partial charge is 0.235 e. The van der Waals surface area contributed by atoms with Gasteiger partial charge in [-0.05, 0) is 30.7 Å². The SMILES string of the molecule is CS(=O)(=O)CC(=O)NC[C@@H]1OCCc2cn(CC3CC3)nc21. The van der Waals surface area contributed by atoms with Gasteiger partial charge in [0.1, 0.15) is 11.9 Å². The van der Waals surface area contributed by atoms with E-state index in [4.69, 9.17) is 4.74 Å². The maximum absolute atomic E-state index is 11.6. The fraction of sp³-hybridized carbons (Fsp3) is 0.714. The Balaban J connectivity index is 1.61. The van der Waals surface area contributed by atoms with Crippen LogP contribution in [0.4, 0.5) is 0 Å². The second-order valence-electron chi connectivity index (χ2n) is 6.19. The number of carbonyl (C=O) groups excluding carboxylic acids is 1. The predicted molar refractivity (Wildman–Crippen MR) is 80.1 cm³/mol. The number of fused-ring (bicyclic) bond motifs is 1. The summed E-state index contributed by atoms with van der Waals surface area (Å²) in [7, 11) is -3.31. The highest BCUT2D eigenvalue weighted by Crippen LogP contribution is 2.32. The molecule has 1 aromatic rings. The molecule has 8 heteroatoms. The molecule has 1 aliphatic heterocycles. The summed E-state index contributed by atoms with van der Waals surface area (Å²) in [4.78, 5) is 11.6. The van der Waals surface area contributed by atoms with Crippen molar-refractivity contribution >= 4 is 15.7 Å². The van der Waals surface area contributed by atoms with Gasteiger partial charge < -0.3 is 10.1 Å². The van der Waals surface area contributed by atoms with Crippen LogP contribution in [-0.4, -0.2) is 49.3 Å². The molecule has 0 spiro atoms. The minimum Gasteiger partial charge on any atom is -0.370 e. The van der Waals surface area contributed by atoms with Crippen molar-refractivity contribution in [2.45, 2.75) is 31.9 Å². The zero-order chi connectivity index (χ0) is 15.7. The van der Waals surface area contributed by atoms with E-state index >= 15 is 0 Å². The molecule has 2 aliphatic rings. The van der Waals surface area contributed by atoms with Crippen LogP contribution in [0.25, 0.3) is 0 Å². The van der Waals surface area contributed by atoms with Gasteiger partial charge in [-0.3, -0.25) is 9.48 Å². The van der Waals surface area contributed by atoms with Crippen LogP contribution in [-0.2, 0) is 32.3 Å². The van der Waals surface area contributed by atoms with Crippen molar-refractivity contribution in [1.82, 2.24) is 15.1 Å². The standard InChI is InChI=1S/C14H21N3O4S/c1-22(19,20)9-13(18)15-6-12-14-11(4-5-21-12)8-17(16-14)7-10-2-3-10/h8,10,12H,2-7,9H2,1H3,(H,15,18)/t12-/m0/s1. The summed E-state index contributed by atoms with van der Waals surface area (Å²) in [5.41, 5.74) is 2.03. The summed E-state index contributed by atoms with van der Waals surface area (Å²) < 4.78 is 29.8. The molecule has 0 saturated heterocycles. The number of nitrogens with one attached hydrogen (secondary N) is 1. The Labute approximate surface area is 129 Å². The molecule has 1 saturated carbocycles. The quantitative estimate of drug-likeness (QED) is 0.798. The van der Waals surface area contributed by atoms with Gasteiger partial charge in [-0.25, -0.2) is 8.42 Å². The summed E-state index contributed by atoms with van der Waals surface area (Å²) in [6.07, 6.45) is 6.18. The second-order valence-corrected chi connectivity index (χ2v) is 8.33. The molecular formula is C14H21N3O4S. The molecule has 1 atom stereocenters. The van der Waals surface area contributed by atoms with Crippen molar-refractivity contribution < 1.29 is 17.9 Å². The monoisotopic (exact) mass is 327 g/mol. The molecule has 1 amide bonds. The van der Waals surface area contributed by atoms with Crippen molar-refractivity contribution in [2.75, 3.05) is 25.2 Å². The highest BCUT2D eigenvalue weighted by Gasteiger charge is 2.27. The molecule has 1 fully saturated rings. The fourth-order valence-electron chi connectivity index (χ4n) is 2.64. The van der Waals surface area contributed by atoms with E-state index in [-0.39, 0.29) is 12.6 Å². The Morgan fingerprint density at radius 3 is 2.95 bits per heavy atom. The van der Waals surface area contributed by atoms with Gasteiger partial charge in [0, 0.05) is 25.5 Å². The van der Waals surface area contributed by atoms with Crippen LogP contribution >= 0.6 is 0 Å². The molecule has 122 valence electrons. The van der Waals surface area contributed by atoms with Crippen molar-refractivity contribution in [1.29, 1.82) is 0 Å². The lowest BCUT2D eigenvalue weighted by molar-refractivity contribution is -0.119. The largest absolute Gasteiger partial charge is 0.370 e. The third-order valence-electron chi connectivity index (χ3n) is 3.89. The van der Waals surface area contributed by atoms with Gasteiger partial charge in [-0.1, -0.05) is 0 Å². The van der Waals surface area contributed by atoms with E-state index in [0.717, 1.165) is 36.4 Å². The van der Waals surface area contributed by atoms with Crippen LogP contribution in [0.5, 0.6) is 0 Å². The minimum absolute atomic E-state index is 0.252. The first-order valence-corrected chi connectivity index (χ1v) is 9.59. The second kappa shape index (κ2) is 6.00. The maximum atomic E-state index is 11.6. The van der Waals surface area contributed by atoms with Gasteiger partial charge in [0.2, 0.25) is 5.91 Å². The summed E-state index contributed by atoms with van der Waals surface area (Å²) in [6.45, 7) is 1.79. The number of hydrogen-bond donors (Lipinski definition) is 1. The highest BCUT2D eigenvalue weighted by molar-refractivity contribution is 7.91. The number of hydrogen-bond acceptors (Lipinski definition) is 5. The fourth-order valence-corrected chi connectivity index (χ4v) is 3.22. The molecular weight excluding hydrogens is 306 g/mol. The Kier molecular flexibility index (Phi) is 4.22. The molecule has 1 aliphatic carbocycles. The van der Waals surface area contributed by atoms with Gasteiger partial charge in [0.25, 0.3) is 0 Å². The van der Waals surface area contributed by atoms with Crippen LogP contribution in [0.15, 0.2) is 6.20 Å². The van der Waals surface area contributed by atoms with Gasteiger partial charge in [0.15, 0.2) is 9.84 Å². The van der Waals surface area contributed by atoms with Crippen LogP contribution < -0.4 is 5.32 Å². The number of amides is 1. The molecule has 0 aromatic carbocycles. The molecule has 0 bridgehead atoms. The Morgan fingerprint density at radius 2 is 2.27 bits per heavy atom. The number of nitrogens with zero attached hydrogens (tertiary/aromatic N) is 2. The zero-order valence-corrected chi connectivity index (χ0v) is 13.4. The predicted octanol–water partition coefficient (Wildman–Crippen LogP) is 0.0677. The van der Waals surface area contributed by atoms with E-state index in [1.807, 2.05) is 4.68 Å². The Hall–Kier alpha value is -1.41. The first kappa shape index (κ1) is 15.5. The van der Waals surface area contributed by atoms with E-state index in [9.17, 15) is 13.2 Å². The number of sulfone groups is 1. The van der Waals surface area contributed by atoms with E-state index in [0.29, 0.717) is 6.61 Å². The zero-order valence-electron chi connectivity index (χ0n) is 12.6. The summed E-state index contributed by atoms with van der Waals surface area (Å²) in [5, 5.41) is 7.21. The topological polar surface area (TPSA) is 90.3 Å². The number of carbonyl (C=O) groups is 1. The normalized spacial score (nSPS) is 21.4. The third-order valence-corrected chi connectivity index (χ3v) is 4.67. The lowest BCUT2D eigenvalue weighted by Gasteiger charge is -2.22. The highest BCUT2D eigenvalue weighted by atomic mass is 32.2. The molecule has 0 radical (unpaired) electrons. The van der Waals surface area contributed by atoms with Crippen molar-refractivity contribution in [3.8, 4) is 0 Å². The average Bonchev–Trinajstić information content (AvgIpc) is 3.11. The van der Waals surface area contributed by atoms with E-state index < -0.39 is 21.5 Å². The summed E-state index contributed by atoms with van der Waals surface area (Å²) in [6, 6.07) is 0. The van der Waals surface area contributed by atoms with E-state index in [1.165, 1.54) is 12.8 Å². The van der Waals surface area contributed by atoms with Gasteiger partial charge >= 0.3 is 0 Å². The minimum atomic E-state index is -3.31. The molecule has 22 heavy (non-hydrogen) atoms. The number of rotatable bonds is 6. The Bertz CT molecular complexity index is 664. The van der Waals surface area contributed by atoms with Gasteiger partial charge in [-0.2, -0.15) is 5.10 Å². The Morgan fingerprint density at radius 1 is 1.50 bits per heavy atom. The molecule has 0 unspecified atom stereocenters. The third kappa shape index (κ3) is 4.07. The van der Waals surface area contributed by atoms with Gasteiger partial charge in [0.05, 0.1) is 12.3 Å². The average molecular weight is 327 g/mol. The van der Waals surface area contributed by atoms with Crippen LogP contribution in [0.1, 0.15) is 30.2 Å². The molecule has 3 rings (SSSR count). The van der Waals surface area contributed by atoms with Crippen molar-refractivity contribution in [3.05, 3.63) is 17.5 Å². The van der Waals surface area contributed by atoms with E-state index in [1.54, 1.807) is 0 Å². The number of aromatic nitrogens is 2. The van der Waals surface area contributed by atoms with Gasteiger partial charge in [-0.15, -0.1) is 0 Å². The lowest BCUT2D eigenvalue weighted by atomic mass is 10.1. The molecule has 1 aromatic heterocycles. The molecule has 7 nitrogen and oxygen atoms in total. The lowest BCUT2D eigenvalue weighted by Crippen LogP contribution is -2.35. The first-order chi connectivity index (χ1) is 10.4. The summed E-state index contributed by atoms with van der Waals surface area (Å²) >= 11 is 0. The first-order valence-electron chi connectivity index (χ1n) is 7.53. The number of ether oxygens (including phenoxy) is 1. The van der Waals surface area contributed by atoms with Crippen LogP contribution in [0.3, 0.4) is 0 Å². The van der Waals surface area contributed by atoms with E-state index in [2.05, 4.69) is 16.6 Å². The maximum Gasteiger partial charge on any atom is 0.235 e. The van der Waals surface area contributed by atoms with Crippen molar-refractivity contribution in [2.24, 2.45) is 5.92 Å².